The van der Waals surface area contributed by atoms with E-state index in [0.717, 1.165) is 16.7 Å². The van der Waals surface area contributed by atoms with Gasteiger partial charge in [-0.3, -0.25) is 9.59 Å². The van der Waals surface area contributed by atoms with Gasteiger partial charge in [0.15, 0.2) is 6.61 Å². The highest BCUT2D eigenvalue weighted by atomic mass is 35.5. The predicted molar refractivity (Wildman–Crippen MR) is 131 cm³/mol. The van der Waals surface area contributed by atoms with Crippen LogP contribution in [0.3, 0.4) is 0 Å². The van der Waals surface area contributed by atoms with Crippen molar-refractivity contribution >= 4 is 23.4 Å². The number of likely N-dealkylation sites (N-methyl/N-ethyl adjacent to an activating group) is 1. The Morgan fingerprint density at radius 2 is 1.61 bits per heavy atom. The van der Waals surface area contributed by atoms with Gasteiger partial charge < -0.3 is 15.0 Å². The number of nitrogens with zero attached hydrogens (tertiary/aromatic N) is 1. The Hall–Kier alpha value is -3.31. The molecule has 0 saturated heterocycles. The fourth-order valence-corrected chi connectivity index (χ4v) is 3.62. The summed E-state index contributed by atoms with van der Waals surface area (Å²) in [6.07, 6.45) is 0.399. The van der Waals surface area contributed by atoms with Gasteiger partial charge in [-0.1, -0.05) is 71.8 Å². The summed E-state index contributed by atoms with van der Waals surface area (Å²) in [6, 6.07) is 23.8. The molecule has 1 N–H and O–H groups in total. The van der Waals surface area contributed by atoms with Crippen LogP contribution in [0.25, 0.3) is 0 Å². The number of aryl methyl sites for hydroxylation is 1. The van der Waals surface area contributed by atoms with Crippen LogP contribution in [0.2, 0.25) is 5.02 Å². The molecular formula is C27H29ClN2O3. The number of carbonyl (C=O) groups is 2. The van der Waals surface area contributed by atoms with Crippen molar-refractivity contribution in [2.75, 3.05) is 13.2 Å². The van der Waals surface area contributed by atoms with E-state index in [1.807, 2.05) is 80.6 Å². The average Bonchev–Trinajstić information content (AvgIpc) is 2.82. The number of amides is 2. The standard InChI is InChI=1S/C27H29ClN2O3/c1-3-29-27(32)25(17-21-7-5-4-6-8-21)30(18-22-11-13-23(28)14-12-22)26(31)19-33-24-15-9-20(2)10-16-24/h4-16,25H,3,17-19H2,1-2H3,(H,29,32)/t25-/m0/s1. The van der Waals surface area contributed by atoms with E-state index in [0.29, 0.717) is 23.7 Å². The molecule has 3 aromatic rings. The van der Waals surface area contributed by atoms with Crippen LogP contribution < -0.4 is 10.1 Å². The zero-order chi connectivity index (χ0) is 23.6. The lowest BCUT2D eigenvalue weighted by Gasteiger charge is -2.31. The predicted octanol–water partition coefficient (Wildman–Crippen LogP) is 4.80. The highest BCUT2D eigenvalue weighted by Crippen LogP contribution is 2.18. The highest BCUT2D eigenvalue weighted by molar-refractivity contribution is 6.30. The van der Waals surface area contributed by atoms with Gasteiger partial charge in [0.1, 0.15) is 11.8 Å². The topological polar surface area (TPSA) is 58.6 Å². The summed E-state index contributed by atoms with van der Waals surface area (Å²) >= 11 is 6.04. The van der Waals surface area contributed by atoms with Crippen molar-refractivity contribution in [3.8, 4) is 5.75 Å². The lowest BCUT2D eigenvalue weighted by Crippen LogP contribution is -2.51. The quantitative estimate of drug-likeness (QED) is 0.468. The monoisotopic (exact) mass is 464 g/mol. The van der Waals surface area contributed by atoms with Crippen LogP contribution in [-0.2, 0) is 22.6 Å². The second-order valence-electron chi connectivity index (χ2n) is 7.85. The third-order valence-corrected chi connectivity index (χ3v) is 5.52. The van der Waals surface area contributed by atoms with Crippen LogP contribution in [0.15, 0.2) is 78.9 Å². The van der Waals surface area contributed by atoms with Gasteiger partial charge >= 0.3 is 0 Å². The third kappa shape index (κ3) is 7.36. The summed E-state index contributed by atoms with van der Waals surface area (Å²) in [7, 11) is 0. The molecule has 0 radical (unpaired) electrons. The smallest absolute Gasteiger partial charge is 0.261 e. The Morgan fingerprint density at radius 1 is 0.939 bits per heavy atom. The zero-order valence-electron chi connectivity index (χ0n) is 19.0. The summed E-state index contributed by atoms with van der Waals surface area (Å²) in [6.45, 7) is 4.43. The molecule has 172 valence electrons. The summed E-state index contributed by atoms with van der Waals surface area (Å²) in [5.74, 6) is 0.148. The number of rotatable bonds is 10. The number of hydrogen-bond acceptors (Lipinski definition) is 3. The van der Waals surface area contributed by atoms with E-state index in [2.05, 4.69) is 5.32 Å². The molecular weight excluding hydrogens is 436 g/mol. The Kier molecular flexibility index (Phi) is 8.90. The number of halogens is 1. The molecule has 0 fully saturated rings. The lowest BCUT2D eigenvalue weighted by molar-refractivity contribution is -0.142. The number of ether oxygens (including phenoxy) is 1. The summed E-state index contributed by atoms with van der Waals surface area (Å²) in [5.41, 5.74) is 2.96. The molecule has 0 aliphatic rings. The molecule has 5 nitrogen and oxygen atoms in total. The fraction of sp³-hybridized carbons (Fsp3) is 0.259. The van der Waals surface area contributed by atoms with E-state index < -0.39 is 6.04 Å². The number of benzene rings is 3. The van der Waals surface area contributed by atoms with Crippen LogP contribution in [0, 0.1) is 6.92 Å². The molecule has 0 spiro atoms. The van der Waals surface area contributed by atoms with Crippen LogP contribution in [0.4, 0.5) is 0 Å². The Balaban J connectivity index is 1.87. The minimum atomic E-state index is -0.683. The Morgan fingerprint density at radius 3 is 2.24 bits per heavy atom. The third-order valence-electron chi connectivity index (χ3n) is 5.27. The number of carbonyl (C=O) groups excluding carboxylic acids is 2. The van der Waals surface area contributed by atoms with Gasteiger partial charge in [0.2, 0.25) is 5.91 Å². The lowest BCUT2D eigenvalue weighted by atomic mass is 10.0. The van der Waals surface area contributed by atoms with Crippen LogP contribution in [-0.4, -0.2) is 35.9 Å². The summed E-state index contributed by atoms with van der Waals surface area (Å²) in [4.78, 5) is 28.1. The maximum Gasteiger partial charge on any atom is 0.261 e. The molecule has 0 heterocycles. The second kappa shape index (κ2) is 12.1. The van der Waals surface area contributed by atoms with Crippen molar-refractivity contribution in [2.24, 2.45) is 0 Å². The highest BCUT2D eigenvalue weighted by Gasteiger charge is 2.30. The zero-order valence-corrected chi connectivity index (χ0v) is 19.7. The minimum Gasteiger partial charge on any atom is -0.484 e. The van der Waals surface area contributed by atoms with Gasteiger partial charge in [-0.15, -0.1) is 0 Å². The van der Waals surface area contributed by atoms with E-state index in [4.69, 9.17) is 16.3 Å². The maximum absolute atomic E-state index is 13.4. The van der Waals surface area contributed by atoms with Crippen LogP contribution in [0.1, 0.15) is 23.6 Å². The first-order valence-electron chi connectivity index (χ1n) is 11.0. The molecule has 0 bridgehead atoms. The van der Waals surface area contributed by atoms with Gasteiger partial charge in [0.25, 0.3) is 5.91 Å². The van der Waals surface area contributed by atoms with Crippen LogP contribution in [0.5, 0.6) is 5.75 Å². The average molecular weight is 465 g/mol. The molecule has 33 heavy (non-hydrogen) atoms. The SMILES string of the molecule is CCNC(=O)[C@H](Cc1ccccc1)N(Cc1ccc(Cl)cc1)C(=O)COc1ccc(C)cc1. The van der Waals surface area contributed by atoms with E-state index in [1.54, 1.807) is 17.0 Å². The number of hydrogen-bond donors (Lipinski definition) is 1. The van der Waals surface area contributed by atoms with E-state index in [9.17, 15) is 9.59 Å². The molecule has 3 aromatic carbocycles. The van der Waals surface area contributed by atoms with Gasteiger partial charge in [-0.25, -0.2) is 0 Å². The first kappa shape index (κ1) is 24.3. The molecule has 6 heteroatoms. The minimum absolute atomic E-state index is 0.165. The van der Waals surface area contributed by atoms with Crippen molar-refractivity contribution in [3.63, 3.8) is 0 Å². The number of nitrogens with one attached hydrogen (secondary N) is 1. The Labute approximate surface area is 200 Å². The largest absolute Gasteiger partial charge is 0.484 e. The van der Waals surface area contributed by atoms with Gasteiger partial charge in [0, 0.05) is 24.5 Å². The molecule has 1 atom stereocenters. The van der Waals surface area contributed by atoms with Crippen molar-refractivity contribution in [1.29, 1.82) is 0 Å². The molecule has 0 aliphatic carbocycles. The summed E-state index contributed by atoms with van der Waals surface area (Å²) in [5, 5.41) is 3.50. The van der Waals surface area contributed by atoms with Crippen molar-refractivity contribution in [1.82, 2.24) is 10.2 Å². The molecule has 0 saturated carbocycles. The van der Waals surface area contributed by atoms with Crippen LogP contribution >= 0.6 is 11.6 Å². The first-order chi connectivity index (χ1) is 16.0. The van der Waals surface area contributed by atoms with Crippen molar-refractivity contribution in [3.05, 3.63) is 101 Å². The van der Waals surface area contributed by atoms with E-state index in [1.165, 1.54) is 0 Å². The van der Waals surface area contributed by atoms with Crippen molar-refractivity contribution in [2.45, 2.75) is 32.9 Å². The van der Waals surface area contributed by atoms with Crippen molar-refractivity contribution < 1.29 is 14.3 Å². The maximum atomic E-state index is 13.4. The molecule has 0 unspecified atom stereocenters. The van der Waals surface area contributed by atoms with Gasteiger partial charge in [0.05, 0.1) is 0 Å². The fourth-order valence-electron chi connectivity index (χ4n) is 3.49. The first-order valence-corrected chi connectivity index (χ1v) is 11.4. The van der Waals surface area contributed by atoms with E-state index >= 15 is 0 Å². The van der Waals surface area contributed by atoms with Gasteiger partial charge in [-0.05, 0) is 49.2 Å². The molecule has 0 aliphatic heterocycles. The Bertz CT molecular complexity index is 1040. The van der Waals surface area contributed by atoms with Gasteiger partial charge in [-0.2, -0.15) is 0 Å². The van der Waals surface area contributed by atoms with E-state index in [-0.39, 0.29) is 25.0 Å². The normalized spacial score (nSPS) is 11.5. The second-order valence-corrected chi connectivity index (χ2v) is 8.29. The molecule has 0 aromatic heterocycles. The summed E-state index contributed by atoms with van der Waals surface area (Å²) < 4.78 is 5.76. The molecule has 2 amide bonds. The molecule has 3 rings (SSSR count).